The van der Waals surface area contributed by atoms with Crippen molar-refractivity contribution < 1.29 is 4.74 Å². The first-order valence-corrected chi connectivity index (χ1v) is 9.46. The third kappa shape index (κ3) is 4.26. The number of rotatable bonds is 5. The van der Waals surface area contributed by atoms with E-state index in [1.165, 1.54) is 17.7 Å². The summed E-state index contributed by atoms with van der Waals surface area (Å²) in [5, 5.41) is 8.70. The van der Waals surface area contributed by atoms with Gasteiger partial charge in [0.25, 0.3) is 0 Å². The molecule has 1 aromatic heterocycles. The zero-order valence-electron chi connectivity index (χ0n) is 14.8. The number of nitrogens with one attached hydrogen (secondary N) is 1. The van der Waals surface area contributed by atoms with E-state index in [4.69, 9.17) is 17.0 Å². The van der Waals surface area contributed by atoms with Gasteiger partial charge in [0.05, 0.1) is 12.3 Å². The number of ether oxygens (including phenoxy) is 1. The highest BCUT2D eigenvalue weighted by Crippen LogP contribution is 2.13. The van der Waals surface area contributed by atoms with Crippen LogP contribution in [-0.4, -0.2) is 70.1 Å². The van der Waals surface area contributed by atoms with Gasteiger partial charge in [0.2, 0.25) is 0 Å². The third-order valence-electron chi connectivity index (χ3n) is 5.06. The lowest BCUT2D eigenvalue weighted by atomic mass is 10.2. The average Bonchev–Trinajstić information content (AvgIpc) is 3.24. The summed E-state index contributed by atoms with van der Waals surface area (Å²) in [5.41, 5.74) is 2.62. The van der Waals surface area contributed by atoms with E-state index < -0.39 is 0 Å². The van der Waals surface area contributed by atoms with Crippen LogP contribution in [0.3, 0.4) is 0 Å². The molecule has 0 spiro atoms. The lowest BCUT2D eigenvalue weighted by molar-refractivity contribution is 0.112. The van der Waals surface area contributed by atoms with E-state index in [1.807, 2.05) is 6.20 Å². The Kier molecular flexibility index (Phi) is 6.08. The van der Waals surface area contributed by atoms with E-state index in [9.17, 15) is 0 Å². The van der Waals surface area contributed by atoms with Crippen molar-refractivity contribution in [2.24, 2.45) is 0 Å². The highest BCUT2D eigenvalue weighted by atomic mass is 32.1. The predicted octanol–water partition coefficient (Wildman–Crippen LogP) is 1.38. The van der Waals surface area contributed by atoms with Gasteiger partial charge in [0.15, 0.2) is 5.11 Å². The molecule has 3 rings (SSSR count). The van der Waals surface area contributed by atoms with Crippen LogP contribution in [0.4, 0.5) is 0 Å². The molecule has 0 aromatic carbocycles. The number of hydrogen-bond acceptors (Lipinski definition) is 4. The first-order valence-electron chi connectivity index (χ1n) is 9.05. The van der Waals surface area contributed by atoms with Gasteiger partial charge < -0.3 is 15.0 Å². The molecule has 0 amide bonds. The predicted molar refractivity (Wildman–Crippen MR) is 99.1 cm³/mol. The Morgan fingerprint density at radius 3 is 2.79 bits per heavy atom. The van der Waals surface area contributed by atoms with E-state index in [0.717, 1.165) is 64.0 Å². The second kappa shape index (κ2) is 8.27. The van der Waals surface area contributed by atoms with Crippen LogP contribution in [-0.2, 0) is 17.8 Å². The van der Waals surface area contributed by atoms with Crippen LogP contribution in [0.15, 0.2) is 6.20 Å². The number of nitrogens with zero attached hydrogens (tertiary/aromatic N) is 4. The van der Waals surface area contributed by atoms with Crippen LogP contribution in [0.5, 0.6) is 0 Å². The third-order valence-corrected chi connectivity index (χ3v) is 5.47. The van der Waals surface area contributed by atoms with Gasteiger partial charge in [-0.05, 0) is 38.9 Å². The largest absolute Gasteiger partial charge is 0.376 e. The zero-order chi connectivity index (χ0) is 16.9. The Balaban J connectivity index is 1.41. The zero-order valence-corrected chi connectivity index (χ0v) is 15.6. The van der Waals surface area contributed by atoms with Gasteiger partial charge >= 0.3 is 0 Å². The van der Waals surface area contributed by atoms with Gasteiger partial charge in [-0.25, -0.2) is 0 Å². The molecule has 0 aliphatic carbocycles. The SMILES string of the molecule is CCn1ncc(CN2CCN(C(=S)NCC3CCCO3)CC2)c1C. The number of thiocarbonyl (C=S) groups is 1. The van der Waals surface area contributed by atoms with Crippen molar-refractivity contribution in [2.75, 3.05) is 39.3 Å². The molecular formula is C17H29N5OS. The van der Waals surface area contributed by atoms with Gasteiger partial charge in [-0.2, -0.15) is 5.10 Å². The van der Waals surface area contributed by atoms with Crippen molar-refractivity contribution in [1.82, 2.24) is 24.9 Å². The maximum atomic E-state index is 5.64. The molecule has 1 N–H and O–H groups in total. The van der Waals surface area contributed by atoms with Gasteiger partial charge in [0.1, 0.15) is 0 Å². The van der Waals surface area contributed by atoms with Crippen LogP contribution in [0, 0.1) is 6.92 Å². The topological polar surface area (TPSA) is 45.6 Å². The monoisotopic (exact) mass is 351 g/mol. The van der Waals surface area contributed by atoms with E-state index in [1.54, 1.807) is 0 Å². The van der Waals surface area contributed by atoms with Crippen molar-refractivity contribution >= 4 is 17.3 Å². The van der Waals surface area contributed by atoms with Crippen molar-refractivity contribution in [3.05, 3.63) is 17.5 Å². The van der Waals surface area contributed by atoms with Gasteiger partial charge in [-0.15, -0.1) is 0 Å². The van der Waals surface area contributed by atoms with Crippen LogP contribution >= 0.6 is 12.2 Å². The van der Waals surface area contributed by atoms with E-state index >= 15 is 0 Å². The number of piperazine rings is 1. The molecule has 24 heavy (non-hydrogen) atoms. The number of hydrogen-bond donors (Lipinski definition) is 1. The van der Waals surface area contributed by atoms with E-state index in [2.05, 4.69) is 38.7 Å². The molecule has 6 nitrogen and oxygen atoms in total. The summed E-state index contributed by atoms with van der Waals surface area (Å²) < 4.78 is 7.70. The highest BCUT2D eigenvalue weighted by Gasteiger charge is 2.21. The normalized spacial score (nSPS) is 22.1. The minimum Gasteiger partial charge on any atom is -0.376 e. The molecule has 2 aliphatic rings. The molecule has 3 heterocycles. The van der Waals surface area contributed by atoms with E-state index in [0.29, 0.717) is 6.10 Å². The standard InChI is InChI=1S/C17H29N5OS/c1-3-22-14(2)15(11-19-22)13-20-6-8-21(9-7-20)17(24)18-12-16-5-4-10-23-16/h11,16H,3-10,12-13H2,1-2H3,(H,18,24). The molecule has 1 atom stereocenters. The van der Waals surface area contributed by atoms with Gasteiger partial charge in [-0.1, -0.05) is 0 Å². The van der Waals surface area contributed by atoms with Crippen molar-refractivity contribution in [2.45, 2.75) is 45.9 Å². The lowest BCUT2D eigenvalue weighted by Crippen LogP contribution is -2.52. The van der Waals surface area contributed by atoms with Crippen LogP contribution in [0.25, 0.3) is 0 Å². The molecule has 2 aliphatic heterocycles. The summed E-state index contributed by atoms with van der Waals surface area (Å²) in [6, 6.07) is 0. The molecule has 7 heteroatoms. The molecule has 2 saturated heterocycles. The lowest BCUT2D eigenvalue weighted by Gasteiger charge is -2.36. The molecule has 0 saturated carbocycles. The second-order valence-electron chi connectivity index (χ2n) is 6.66. The van der Waals surface area contributed by atoms with Crippen molar-refractivity contribution in [3.63, 3.8) is 0 Å². The molecule has 0 radical (unpaired) electrons. The van der Waals surface area contributed by atoms with E-state index in [-0.39, 0.29) is 0 Å². The molecule has 1 aromatic rings. The average molecular weight is 352 g/mol. The van der Waals surface area contributed by atoms with Crippen LogP contribution in [0.1, 0.15) is 31.0 Å². The fraction of sp³-hybridized carbons (Fsp3) is 0.765. The van der Waals surface area contributed by atoms with Crippen molar-refractivity contribution in [1.29, 1.82) is 0 Å². The first-order chi connectivity index (χ1) is 11.7. The Bertz CT molecular complexity index is 547. The maximum absolute atomic E-state index is 5.64. The Morgan fingerprint density at radius 1 is 1.38 bits per heavy atom. The maximum Gasteiger partial charge on any atom is 0.169 e. The minimum atomic E-state index is 0.335. The Labute approximate surface area is 150 Å². The summed E-state index contributed by atoms with van der Waals surface area (Å²) in [6.07, 6.45) is 4.67. The number of aromatic nitrogens is 2. The smallest absolute Gasteiger partial charge is 0.169 e. The summed E-state index contributed by atoms with van der Waals surface area (Å²) in [7, 11) is 0. The highest BCUT2D eigenvalue weighted by molar-refractivity contribution is 7.80. The molecular weight excluding hydrogens is 322 g/mol. The molecule has 134 valence electrons. The summed E-state index contributed by atoms with van der Waals surface area (Å²) in [6.45, 7) is 12.0. The van der Waals surface area contributed by atoms with Crippen LogP contribution in [0.2, 0.25) is 0 Å². The molecule has 2 fully saturated rings. The molecule has 0 bridgehead atoms. The van der Waals surface area contributed by atoms with Crippen molar-refractivity contribution in [3.8, 4) is 0 Å². The summed E-state index contributed by atoms with van der Waals surface area (Å²) >= 11 is 5.54. The Hall–Kier alpha value is -1.18. The fourth-order valence-electron chi connectivity index (χ4n) is 3.43. The first kappa shape index (κ1) is 17.6. The minimum absolute atomic E-state index is 0.335. The second-order valence-corrected chi connectivity index (χ2v) is 7.04. The van der Waals surface area contributed by atoms with Gasteiger partial charge in [0, 0.05) is 63.7 Å². The molecule has 1 unspecified atom stereocenters. The van der Waals surface area contributed by atoms with Crippen LogP contribution < -0.4 is 5.32 Å². The quantitative estimate of drug-likeness (QED) is 0.809. The van der Waals surface area contributed by atoms with Gasteiger partial charge in [-0.3, -0.25) is 9.58 Å². The number of aryl methyl sites for hydroxylation is 1. The summed E-state index contributed by atoms with van der Waals surface area (Å²) in [4.78, 5) is 4.77. The Morgan fingerprint density at radius 2 is 2.17 bits per heavy atom. The summed E-state index contributed by atoms with van der Waals surface area (Å²) in [5.74, 6) is 0. The fourth-order valence-corrected chi connectivity index (χ4v) is 3.69.